The molecule has 1 aliphatic heterocycles. The van der Waals surface area contributed by atoms with Crippen molar-refractivity contribution >= 4 is 6.03 Å². The number of hydrogen-bond acceptors (Lipinski definition) is 3. The van der Waals surface area contributed by atoms with E-state index in [4.69, 9.17) is 4.74 Å². The summed E-state index contributed by atoms with van der Waals surface area (Å²) < 4.78 is 4.99. The lowest BCUT2D eigenvalue weighted by atomic mass is 10.1. The van der Waals surface area contributed by atoms with E-state index in [2.05, 4.69) is 10.6 Å². The first-order chi connectivity index (χ1) is 7.22. The Bertz CT molecular complexity index is 392. The van der Waals surface area contributed by atoms with Crippen LogP contribution in [0.5, 0.6) is 11.5 Å². The summed E-state index contributed by atoms with van der Waals surface area (Å²) in [6.45, 7) is 0.472. The van der Waals surface area contributed by atoms with Gasteiger partial charge in [0.05, 0.1) is 13.2 Å². The van der Waals surface area contributed by atoms with Gasteiger partial charge in [0.15, 0.2) is 11.5 Å². The number of carbonyl (C=O) groups is 1. The van der Waals surface area contributed by atoms with Crippen LogP contribution in [-0.4, -0.2) is 24.8 Å². The first-order valence-electron chi connectivity index (χ1n) is 4.62. The van der Waals surface area contributed by atoms with Crippen LogP contribution < -0.4 is 15.4 Å². The zero-order chi connectivity index (χ0) is 10.8. The summed E-state index contributed by atoms with van der Waals surface area (Å²) >= 11 is 0. The van der Waals surface area contributed by atoms with Crippen LogP contribution in [0, 0.1) is 0 Å². The SMILES string of the molecule is COc1cccc([C@H]2CNC(=O)N2)c1O. The second-order valence-corrected chi connectivity index (χ2v) is 3.31. The Hall–Kier alpha value is -1.91. The third kappa shape index (κ3) is 1.68. The first-order valence-corrected chi connectivity index (χ1v) is 4.62. The molecule has 0 spiro atoms. The number of hydrogen-bond donors (Lipinski definition) is 3. The van der Waals surface area contributed by atoms with Gasteiger partial charge in [-0.3, -0.25) is 0 Å². The van der Waals surface area contributed by atoms with Crippen molar-refractivity contribution in [3.05, 3.63) is 23.8 Å². The highest BCUT2D eigenvalue weighted by atomic mass is 16.5. The highest BCUT2D eigenvalue weighted by Crippen LogP contribution is 2.33. The molecule has 0 unspecified atom stereocenters. The monoisotopic (exact) mass is 208 g/mol. The molecular weight excluding hydrogens is 196 g/mol. The van der Waals surface area contributed by atoms with E-state index in [0.29, 0.717) is 17.9 Å². The van der Waals surface area contributed by atoms with Gasteiger partial charge < -0.3 is 20.5 Å². The van der Waals surface area contributed by atoms with Gasteiger partial charge in [-0.05, 0) is 6.07 Å². The van der Waals surface area contributed by atoms with Gasteiger partial charge in [0.25, 0.3) is 0 Å². The van der Waals surface area contributed by atoms with Gasteiger partial charge in [-0.2, -0.15) is 0 Å². The van der Waals surface area contributed by atoms with Crippen molar-refractivity contribution in [2.75, 3.05) is 13.7 Å². The van der Waals surface area contributed by atoms with Gasteiger partial charge in [-0.15, -0.1) is 0 Å². The zero-order valence-electron chi connectivity index (χ0n) is 8.28. The Morgan fingerprint density at radius 1 is 1.53 bits per heavy atom. The molecule has 1 saturated heterocycles. The zero-order valence-corrected chi connectivity index (χ0v) is 8.28. The summed E-state index contributed by atoms with van der Waals surface area (Å²) in [5.74, 6) is 0.489. The van der Waals surface area contributed by atoms with E-state index in [1.165, 1.54) is 7.11 Å². The van der Waals surface area contributed by atoms with Crippen molar-refractivity contribution in [3.63, 3.8) is 0 Å². The molecule has 0 bridgehead atoms. The molecule has 1 fully saturated rings. The van der Waals surface area contributed by atoms with E-state index in [0.717, 1.165) is 0 Å². The summed E-state index contributed by atoms with van der Waals surface area (Å²) in [4.78, 5) is 11.0. The van der Waals surface area contributed by atoms with Crippen molar-refractivity contribution in [3.8, 4) is 11.5 Å². The summed E-state index contributed by atoms with van der Waals surface area (Å²) in [6, 6.07) is 4.78. The topological polar surface area (TPSA) is 70.6 Å². The number of carbonyl (C=O) groups excluding carboxylic acids is 1. The maximum atomic E-state index is 11.0. The van der Waals surface area contributed by atoms with Crippen LogP contribution in [0.4, 0.5) is 4.79 Å². The molecule has 1 aliphatic rings. The standard InChI is InChI=1S/C10H12N2O3/c1-15-8-4-2-3-6(9(8)13)7-5-11-10(14)12-7/h2-4,7,13H,5H2,1H3,(H2,11,12,14)/t7-/m1/s1. The van der Waals surface area contributed by atoms with E-state index in [1.54, 1.807) is 18.2 Å². The number of methoxy groups -OCH3 is 1. The minimum Gasteiger partial charge on any atom is -0.504 e. The van der Waals surface area contributed by atoms with E-state index >= 15 is 0 Å². The molecule has 2 amide bonds. The molecule has 1 atom stereocenters. The number of aromatic hydroxyl groups is 1. The minimum absolute atomic E-state index is 0.0778. The molecule has 3 N–H and O–H groups in total. The van der Waals surface area contributed by atoms with Crippen LogP contribution in [0.15, 0.2) is 18.2 Å². The molecule has 15 heavy (non-hydrogen) atoms. The van der Waals surface area contributed by atoms with Crippen LogP contribution in [0.1, 0.15) is 11.6 Å². The summed E-state index contributed by atoms with van der Waals surface area (Å²) in [6.07, 6.45) is 0. The molecule has 5 heteroatoms. The number of benzene rings is 1. The van der Waals surface area contributed by atoms with E-state index in [9.17, 15) is 9.90 Å². The molecule has 0 aromatic heterocycles. The molecule has 1 aromatic rings. The van der Waals surface area contributed by atoms with Crippen molar-refractivity contribution < 1.29 is 14.6 Å². The lowest BCUT2D eigenvalue weighted by Gasteiger charge is -2.13. The van der Waals surface area contributed by atoms with Gasteiger partial charge in [0, 0.05) is 12.1 Å². The van der Waals surface area contributed by atoms with Crippen LogP contribution >= 0.6 is 0 Å². The fourth-order valence-corrected chi connectivity index (χ4v) is 1.63. The summed E-state index contributed by atoms with van der Waals surface area (Å²) in [5.41, 5.74) is 0.660. The Morgan fingerprint density at radius 2 is 2.33 bits per heavy atom. The molecule has 1 aromatic carbocycles. The Balaban J connectivity index is 2.32. The predicted molar refractivity (Wildman–Crippen MR) is 53.9 cm³/mol. The van der Waals surface area contributed by atoms with Gasteiger partial charge in [0.1, 0.15) is 0 Å². The molecule has 0 radical (unpaired) electrons. The fourth-order valence-electron chi connectivity index (χ4n) is 1.63. The normalized spacial score (nSPS) is 19.5. The maximum Gasteiger partial charge on any atom is 0.315 e. The molecule has 80 valence electrons. The second-order valence-electron chi connectivity index (χ2n) is 3.31. The maximum absolute atomic E-state index is 11.0. The van der Waals surface area contributed by atoms with Gasteiger partial charge in [-0.25, -0.2) is 4.79 Å². The Labute approximate surface area is 87.1 Å². The third-order valence-corrected chi connectivity index (χ3v) is 2.40. The molecule has 1 heterocycles. The molecular formula is C10H12N2O3. The number of para-hydroxylation sites is 1. The first kappa shape index (κ1) is 9.64. The summed E-state index contributed by atoms with van der Waals surface area (Å²) in [5, 5.41) is 15.2. The van der Waals surface area contributed by atoms with Crippen molar-refractivity contribution in [2.24, 2.45) is 0 Å². The predicted octanol–water partition coefficient (Wildman–Crippen LogP) is 0.755. The Morgan fingerprint density at radius 3 is 2.93 bits per heavy atom. The van der Waals surface area contributed by atoms with E-state index in [-0.39, 0.29) is 17.8 Å². The molecule has 0 aliphatic carbocycles. The lowest BCUT2D eigenvalue weighted by Crippen LogP contribution is -2.21. The van der Waals surface area contributed by atoms with E-state index in [1.807, 2.05) is 0 Å². The quantitative estimate of drug-likeness (QED) is 0.671. The van der Waals surface area contributed by atoms with Gasteiger partial charge >= 0.3 is 6.03 Å². The fraction of sp³-hybridized carbons (Fsp3) is 0.300. The third-order valence-electron chi connectivity index (χ3n) is 2.40. The van der Waals surface area contributed by atoms with Crippen molar-refractivity contribution in [1.29, 1.82) is 0 Å². The number of rotatable bonds is 2. The smallest absolute Gasteiger partial charge is 0.315 e. The molecule has 5 nitrogen and oxygen atoms in total. The molecule has 0 saturated carbocycles. The number of phenols is 1. The van der Waals surface area contributed by atoms with Crippen molar-refractivity contribution in [1.82, 2.24) is 10.6 Å². The number of phenolic OH excluding ortho intramolecular Hbond substituents is 1. The van der Waals surface area contributed by atoms with Crippen LogP contribution in [0.25, 0.3) is 0 Å². The van der Waals surface area contributed by atoms with Crippen LogP contribution in [-0.2, 0) is 0 Å². The average molecular weight is 208 g/mol. The average Bonchev–Trinajstić information content (AvgIpc) is 2.65. The number of amides is 2. The van der Waals surface area contributed by atoms with E-state index < -0.39 is 0 Å². The highest BCUT2D eigenvalue weighted by Gasteiger charge is 2.24. The number of nitrogens with one attached hydrogen (secondary N) is 2. The number of ether oxygens (including phenoxy) is 1. The Kier molecular flexibility index (Phi) is 2.37. The van der Waals surface area contributed by atoms with Crippen molar-refractivity contribution in [2.45, 2.75) is 6.04 Å². The summed E-state index contributed by atoms with van der Waals surface area (Å²) in [7, 11) is 1.49. The van der Waals surface area contributed by atoms with Gasteiger partial charge in [-0.1, -0.05) is 12.1 Å². The van der Waals surface area contributed by atoms with Crippen LogP contribution in [0.3, 0.4) is 0 Å². The lowest BCUT2D eigenvalue weighted by molar-refractivity contribution is 0.247. The van der Waals surface area contributed by atoms with Gasteiger partial charge in [0.2, 0.25) is 0 Å². The van der Waals surface area contributed by atoms with Crippen LogP contribution in [0.2, 0.25) is 0 Å². The largest absolute Gasteiger partial charge is 0.504 e. The second kappa shape index (κ2) is 3.68. The minimum atomic E-state index is -0.220. The molecule has 2 rings (SSSR count). The number of urea groups is 1. The highest BCUT2D eigenvalue weighted by molar-refractivity contribution is 5.77.